The molecule has 1 heterocycles. The van der Waals surface area contributed by atoms with Gasteiger partial charge in [-0.05, 0) is 47.0 Å². The number of terminal acetylenes is 1. The van der Waals surface area contributed by atoms with Gasteiger partial charge in [-0.2, -0.15) is 5.10 Å². The maximum Gasteiger partial charge on any atom is 0.146 e. The summed E-state index contributed by atoms with van der Waals surface area (Å²) in [5, 5.41) is 5.87. The summed E-state index contributed by atoms with van der Waals surface area (Å²) in [7, 11) is -1.90. The Labute approximate surface area is 207 Å². The molecule has 0 amide bonds. The second-order valence-electron chi connectivity index (χ2n) is 9.74. The summed E-state index contributed by atoms with van der Waals surface area (Å²) >= 11 is 6.61. The van der Waals surface area contributed by atoms with E-state index in [4.69, 9.17) is 18.0 Å². The molecule has 3 aromatic rings. The van der Waals surface area contributed by atoms with Crippen molar-refractivity contribution < 1.29 is 8.78 Å². The fraction of sp³-hybridized carbons (Fsp3) is 0.393. The van der Waals surface area contributed by atoms with Gasteiger partial charge in [-0.1, -0.05) is 59.1 Å². The Kier molecular flexibility index (Phi) is 7.91. The average Bonchev–Trinajstić information content (AvgIpc) is 3.18. The second-order valence-corrected chi connectivity index (χ2v) is 15.7. The Morgan fingerprint density at radius 2 is 1.68 bits per heavy atom. The molecule has 0 spiro atoms. The van der Waals surface area contributed by atoms with Gasteiger partial charge in [-0.3, -0.25) is 4.68 Å². The number of hydrogen-bond donors (Lipinski definition) is 0. The molecule has 3 rings (SSSR count). The Morgan fingerprint density at radius 3 is 2.26 bits per heavy atom. The van der Waals surface area contributed by atoms with Crippen LogP contribution in [-0.4, -0.2) is 17.9 Å². The van der Waals surface area contributed by atoms with Crippen LogP contribution in [0.1, 0.15) is 65.1 Å². The summed E-state index contributed by atoms with van der Waals surface area (Å²) in [5.74, 6) is 4.90. The lowest BCUT2D eigenvalue weighted by atomic mass is 10.0. The fourth-order valence-electron chi connectivity index (χ4n) is 5.17. The van der Waals surface area contributed by atoms with E-state index in [0.717, 1.165) is 23.8 Å². The molecule has 178 valence electrons. The fourth-order valence-corrected chi connectivity index (χ4v) is 10.7. The van der Waals surface area contributed by atoms with Gasteiger partial charge in [0, 0.05) is 29.1 Å². The maximum atomic E-state index is 14.5. The molecule has 0 saturated heterocycles. The molecule has 2 aromatic carbocycles. The molecule has 0 N–H and O–H groups in total. The third-order valence-corrected chi connectivity index (χ3v) is 13.4. The molecule has 0 fully saturated rings. The predicted octanol–water partition coefficient (Wildman–Crippen LogP) is 8.15. The summed E-state index contributed by atoms with van der Waals surface area (Å²) in [6.45, 7) is 13.6. The zero-order chi connectivity index (χ0) is 25.2. The molecule has 0 aliphatic rings. The van der Waals surface area contributed by atoms with Crippen molar-refractivity contribution in [2.24, 2.45) is 0 Å². The minimum absolute atomic E-state index is 0.156. The maximum absolute atomic E-state index is 14.5. The third kappa shape index (κ3) is 4.92. The minimum atomic E-state index is -1.90. The normalized spacial score (nSPS) is 12.8. The summed E-state index contributed by atoms with van der Waals surface area (Å²) in [4.78, 5) is 0. The van der Waals surface area contributed by atoms with Crippen molar-refractivity contribution in [1.29, 1.82) is 0 Å². The van der Waals surface area contributed by atoms with Crippen LogP contribution in [0, 0.1) is 35.4 Å². The number of nitrogens with zero attached hydrogens (tertiary/aromatic N) is 2. The van der Waals surface area contributed by atoms with Crippen molar-refractivity contribution in [3.05, 3.63) is 64.3 Å². The molecule has 1 unspecified atom stereocenters. The quantitative estimate of drug-likeness (QED) is 0.248. The Hall–Kier alpha value is -2.60. The van der Waals surface area contributed by atoms with Gasteiger partial charge in [0.15, 0.2) is 0 Å². The van der Waals surface area contributed by atoms with E-state index in [9.17, 15) is 8.78 Å². The van der Waals surface area contributed by atoms with Crippen molar-refractivity contribution in [3.8, 4) is 23.8 Å². The molecular weight excluding hydrogens is 466 g/mol. The van der Waals surface area contributed by atoms with Crippen LogP contribution in [0.15, 0.2) is 36.5 Å². The van der Waals surface area contributed by atoms with Crippen LogP contribution < -0.4 is 0 Å². The van der Waals surface area contributed by atoms with Gasteiger partial charge in [0.1, 0.15) is 19.7 Å². The molecule has 0 aliphatic carbocycles. The molecule has 0 bridgehead atoms. The number of fused-ring (bicyclic) bond motifs is 1. The van der Waals surface area contributed by atoms with Gasteiger partial charge in [0.25, 0.3) is 0 Å². The SMILES string of the molecule is C#CCC(c1cc(F)ccc1F)n1cc2c(Cl)cc(C#C[Si](C(C)C)(C(C)C)C(C)C)cc2n1. The Balaban J connectivity index is 2.11. The lowest BCUT2D eigenvalue weighted by Gasteiger charge is -2.38. The first kappa shape index (κ1) is 26.0. The topological polar surface area (TPSA) is 17.8 Å². The highest BCUT2D eigenvalue weighted by Crippen LogP contribution is 2.41. The molecule has 0 radical (unpaired) electrons. The van der Waals surface area contributed by atoms with Gasteiger partial charge < -0.3 is 0 Å². The van der Waals surface area contributed by atoms with Gasteiger partial charge >= 0.3 is 0 Å². The second kappa shape index (κ2) is 10.3. The number of aromatic nitrogens is 2. The lowest BCUT2D eigenvalue weighted by molar-refractivity contribution is 0.495. The highest BCUT2D eigenvalue weighted by atomic mass is 35.5. The third-order valence-electron chi connectivity index (χ3n) is 6.83. The molecule has 0 aliphatic heterocycles. The first-order valence-corrected chi connectivity index (χ1v) is 14.2. The van der Waals surface area contributed by atoms with Crippen molar-refractivity contribution in [1.82, 2.24) is 9.78 Å². The van der Waals surface area contributed by atoms with E-state index in [0.29, 0.717) is 32.5 Å². The zero-order valence-electron chi connectivity index (χ0n) is 20.6. The molecule has 34 heavy (non-hydrogen) atoms. The number of halogens is 3. The van der Waals surface area contributed by atoms with Crippen LogP contribution in [0.2, 0.25) is 21.6 Å². The largest absolute Gasteiger partial charge is 0.263 e. The van der Waals surface area contributed by atoms with E-state index in [2.05, 4.69) is 64.0 Å². The van der Waals surface area contributed by atoms with E-state index < -0.39 is 25.8 Å². The molecule has 2 nitrogen and oxygen atoms in total. The lowest BCUT2D eigenvalue weighted by Crippen LogP contribution is -2.43. The molecule has 0 saturated carbocycles. The van der Waals surface area contributed by atoms with E-state index in [1.54, 1.807) is 10.9 Å². The molecule has 6 heteroatoms. The van der Waals surface area contributed by atoms with Crippen LogP contribution in [-0.2, 0) is 0 Å². The molecule has 1 aromatic heterocycles. The zero-order valence-corrected chi connectivity index (χ0v) is 22.3. The van der Waals surface area contributed by atoms with Crippen molar-refractivity contribution >= 4 is 30.6 Å². The van der Waals surface area contributed by atoms with Gasteiger partial charge in [0.05, 0.1) is 16.6 Å². The summed E-state index contributed by atoms with van der Waals surface area (Å²) in [6, 6.07) is 6.45. The highest BCUT2D eigenvalue weighted by Gasteiger charge is 2.41. The minimum Gasteiger partial charge on any atom is -0.263 e. The van der Waals surface area contributed by atoms with E-state index in [1.807, 2.05) is 12.1 Å². The van der Waals surface area contributed by atoms with Gasteiger partial charge in [-0.15, -0.1) is 17.9 Å². The molecular formula is C28H31ClF2N2Si. The predicted molar refractivity (Wildman–Crippen MR) is 141 cm³/mol. The van der Waals surface area contributed by atoms with Crippen LogP contribution >= 0.6 is 11.6 Å². The standard InChI is InChI=1S/C28H31ClF2N2Si/c1-8-9-28(23-16-22(30)10-11-26(23)31)33-17-24-25(29)14-21(15-27(24)32-33)12-13-34(18(2)3,19(4)5)20(6)7/h1,10-11,14-20,28H,9H2,2-7H3. The number of rotatable bonds is 6. The van der Waals surface area contributed by atoms with Crippen LogP contribution in [0.4, 0.5) is 8.78 Å². The van der Waals surface area contributed by atoms with Crippen LogP contribution in [0.5, 0.6) is 0 Å². The summed E-state index contributed by atoms with van der Waals surface area (Å²) in [6.07, 6.45) is 7.44. The van der Waals surface area contributed by atoms with Crippen molar-refractivity contribution in [2.45, 2.75) is 70.6 Å². The van der Waals surface area contributed by atoms with E-state index >= 15 is 0 Å². The highest BCUT2D eigenvalue weighted by molar-refractivity contribution is 6.90. The monoisotopic (exact) mass is 496 g/mol. The van der Waals surface area contributed by atoms with Gasteiger partial charge in [-0.25, -0.2) is 8.78 Å². The van der Waals surface area contributed by atoms with Crippen molar-refractivity contribution in [2.75, 3.05) is 0 Å². The smallest absolute Gasteiger partial charge is 0.146 e. The van der Waals surface area contributed by atoms with Crippen molar-refractivity contribution in [3.63, 3.8) is 0 Å². The van der Waals surface area contributed by atoms with Crippen LogP contribution in [0.25, 0.3) is 10.9 Å². The van der Waals surface area contributed by atoms with E-state index in [-0.39, 0.29) is 12.0 Å². The van der Waals surface area contributed by atoms with Crippen LogP contribution in [0.3, 0.4) is 0 Å². The summed E-state index contributed by atoms with van der Waals surface area (Å²) in [5.41, 5.74) is 6.85. The van der Waals surface area contributed by atoms with Gasteiger partial charge in [0.2, 0.25) is 0 Å². The number of benzene rings is 2. The number of hydrogen-bond acceptors (Lipinski definition) is 1. The average molecular weight is 497 g/mol. The summed E-state index contributed by atoms with van der Waals surface area (Å²) < 4.78 is 29.9. The van der Waals surface area contributed by atoms with E-state index in [1.165, 1.54) is 0 Å². The first-order valence-electron chi connectivity index (χ1n) is 11.6. The Bertz CT molecular complexity index is 1270. The molecule has 1 atom stereocenters. The first-order chi connectivity index (χ1) is 16.0. The Morgan fingerprint density at radius 1 is 1.03 bits per heavy atom.